The average Bonchev–Trinajstić information content (AvgIpc) is 2.65. The first-order valence-electron chi connectivity index (χ1n) is 9.55. The molecular weight excluding hydrogens is 447 g/mol. The number of carbonyl (C=O) groups is 1. The van der Waals surface area contributed by atoms with Crippen LogP contribution in [0.15, 0.2) is 4.99 Å². The minimum atomic E-state index is -0.0827. The van der Waals surface area contributed by atoms with E-state index >= 15 is 0 Å². The number of carbonyl (C=O) groups excluding carboxylic acids is 1. The minimum absolute atomic E-state index is 0. The summed E-state index contributed by atoms with van der Waals surface area (Å²) in [6.07, 6.45) is 1.67. The predicted molar refractivity (Wildman–Crippen MR) is 114 cm³/mol. The summed E-state index contributed by atoms with van der Waals surface area (Å²) >= 11 is 0. The number of nitrogens with zero attached hydrogens (tertiary/aromatic N) is 3. The topological polar surface area (TPSA) is 66.4 Å². The lowest BCUT2D eigenvalue weighted by Gasteiger charge is -2.33. The van der Waals surface area contributed by atoms with Gasteiger partial charge in [-0.3, -0.25) is 14.7 Å². The molecule has 2 heterocycles. The van der Waals surface area contributed by atoms with Crippen molar-refractivity contribution in [2.75, 3.05) is 66.1 Å². The third kappa shape index (κ3) is 7.56. The number of hydrogen-bond acceptors (Lipinski definition) is 5. The summed E-state index contributed by atoms with van der Waals surface area (Å²) in [7, 11) is 1.47. The van der Waals surface area contributed by atoms with Gasteiger partial charge in [0.1, 0.15) is 0 Å². The number of rotatable bonds is 6. The first kappa shape index (κ1) is 23.4. The van der Waals surface area contributed by atoms with Crippen LogP contribution >= 0.6 is 24.0 Å². The summed E-state index contributed by atoms with van der Waals surface area (Å²) in [5.74, 6) is 1.43. The molecule has 2 rings (SSSR count). The summed E-state index contributed by atoms with van der Waals surface area (Å²) in [4.78, 5) is 21.2. The van der Waals surface area contributed by atoms with E-state index in [1.54, 1.807) is 0 Å². The van der Waals surface area contributed by atoms with Crippen LogP contribution in [0.5, 0.6) is 0 Å². The first-order chi connectivity index (χ1) is 12.1. The smallest absolute Gasteiger partial charge is 0.308 e. The molecule has 0 aromatic rings. The van der Waals surface area contributed by atoms with Crippen molar-refractivity contribution in [1.29, 1.82) is 0 Å². The molecule has 8 heteroatoms. The molecule has 2 aliphatic rings. The average molecular weight is 482 g/mol. The second-order valence-electron chi connectivity index (χ2n) is 7.00. The van der Waals surface area contributed by atoms with Crippen LogP contribution in [0, 0.1) is 11.8 Å². The Hall–Kier alpha value is -0.610. The summed E-state index contributed by atoms with van der Waals surface area (Å²) in [5, 5.41) is 3.40. The maximum Gasteiger partial charge on any atom is 0.308 e. The second kappa shape index (κ2) is 12.7. The highest BCUT2D eigenvalue weighted by Gasteiger charge is 2.27. The molecule has 0 bridgehead atoms. The Balaban J connectivity index is 0.00000338. The van der Waals surface area contributed by atoms with E-state index in [2.05, 4.69) is 29.0 Å². The molecule has 0 amide bonds. The van der Waals surface area contributed by atoms with Crippen LogP contribution in [0.3, 0.4) is 0 Å². The molecule has 26 heavy (non-hydrogen) atoms. The van der Waals surface area contributed by atoms with Crippen molar-refractivity contribution < 1.29 is 14.3 Å². The van der Waals surface area contributed by atoms with Crippen molar-refractivity contribution >= 4 is 35.9 Å². The normalized spacial score (nSPS) is 21.0. The van der Waals surface area contributed by atoms with Gasteiger partial charge in [-0.2, -0.15) is 0 Å². The summed E-state index contributed by atoms with van der Waals surface area (Å²) in [6.45, 7) is 12.5. The van der Waals surface area contributed by atoms with Gasteiger partial charge in [-0.15, -0.1) is 24.0 Å². The number of likely N-dealkylation sites (tertiary alicyclic amines) is 1. The Morgan fingerprint density at radius 1 is 1.27 bits per heavy atom. The van der Waals surface area contributed by atoms with Crippen LogP contribution in [-0.2, 0) is 14.3 Å². The van der Waals surface area contributed by atoms with Crippen molar-refractivity contribution in [3.8, 4) is 0 Å². The third-order valence-corrected chi connectivity index (χ3v) is 4.89. The van der Waals surface area contributed by atoms with Gasteiger partial charge >= 0.3 is 5.97 Å². The van der Waals surface area contributed by atoms with Gasteiger partial charge in [-0.05, 0) is 25.7 Å². The molecule has 2 saturated heterocycles. The molecular formula is C18H35IN4O3. The number of nitrogens with one attached hydrogen (secondary N) is 1. The molecule has 1 atom stereocenters. The van der Waals surface area contributed by atoms with E-state index in [1.165, 1.54) is 7.11 Å². The van der Waals surface area contributed by atoms with E-state index in [1.807, 2.05) is 0 Å². The predicted octanol–water partition coefficient (Wildman–Crippen LogP) is 1.42. The molecule has 0 aliphatic carbocycles. The lowest BCUT2D eigenvalue weighted by molar-refractivity contribution is -0.146. The molecule has 152 valence electrons. The van der Waals surface area contributed by atoms with Gasteiger partial charge in [-0.1, -0.05) is 6.92 Å². The van der Waals surface area contributed by atoms with E-state index in [-0.39, 0.29) is 35.9 Å². The first-order valence-corrected chi connectivity index (χ1v) is 9.55. The van der Waals surface area contributed by atoms with Gasteiger partial charge in [0, 0.05) is 45.8 Å². The largest absolute Gasteiger partial charge is 0.469 e. The Morgan fingerprint density at radius 3 is 2.50 bits per heavy atom. The van der Waals surface area contributed by atoms with Crippen LogP contribution < -0.4 is 5.32 Å². The fraction of sp³-hybridized carbons (Fsp3) is 0.889. The molecule has 0 radical (unpaired) electrons. The van der Waals surface area contributed by atoms with E-state index in [9.17, 15) is 4.79 Å². The Kier molecular flexibility index (Phi) is 11.5. The number of halogens is 1. The standard InChI is InChI=1S/C18H34N4O3.HI/c1-4-19-18(22-7-5-16(6-8-22)17(23)24-3)20-13-15(2)14-21-9-11-25-12-10-21;/h15-16H,4-14H2,1-3H3,(H,19,20);1H. The van der Waals surface area contributed by atoms with Crippen molar-refractivity contribution in [2.24, 2.45) is 16.8 Å². The number of aliphatic imine (C=N–C) groups is 1. The molecule has 1 unspecified atom stereocenters. The summed E-state index contributed by atoms with van der Waals surface area (Å²) < 4.78 is 10.3. The van der Waals surface area contributed by atoms with Crippen LogP contribution in [0.4, 0.5) is 0 Å². The van der Waals surface area contributed by atoms with Crippen molar-refractivity contribution in [1.82, 2.24) is 15.1 Å². The number of morpholine rings is 1. The zero-order valence-electron chi connectivity index (χ0n) is 16.4. The Labute approximate surface area is 174 Å². The van der Waals surface area contributed by atoms with Crippen LogP contribution in [0.2, 0.25) is 0 Å². The fourth-order valence-electron chi connectivity index (χ4n) is 3.44. The molecule has 2 aliphatic heterocycles. The molecule has 0 saturated carbocycles. The molecule has 0 spiro atoms. The van der Waals surface area contributed by atoms with Crippen LogP contribution in [0.25, 0.3) is 0 Å². The number of guanidine groups is 1. The maximum atomic E-state index is 11.7. The fourth-order valence-corrected chi connectivity index (χ4v) is 3.44. The second-order valence-corrected chi connectivity index (χ2v) is 7.00. The van der Waals surface area contributed by atoms with Crippen LogP contribution in [0.1, 0.15) is 26.7 Å². The van der Waals surface area contributed by atoms with Gasteiger partial charge < -0.3 is 19.7 Å². The SMILES string of the molecule is CCNC(=NCC(C)CN1CCOCC1)N1CCC(C(=O)OC)CC1.I. The number of methoxy groups -OCH3 is 1. The van der Waals surface area contributed by atoms with Gasteiger partial charge in [-0.25, -0.2) is 0 Å². The molecule has 0 aromatic heterocycles. The molecule has 7 nitrogen and oxygen atoms in total. The number of hydrogen-bond donors (Lipinski definition) is 1. The van der Waals surface area contributed by atoms with E-state index < -0.39 is 0 Å². The Morgan fingerprint density at radius 2 is 1.92 bits per heavy atom. The molecule has 2 fully saturated rings. The quantitative estimate of drug-likeness (QED) is 0.268. The van der Waals surface area contributed by atoms with E-state index in [0.29, 0.717) is 5.92 Å². The van der Waals surface area contributed by atoms with Crippen molar-refractivity contribution in [2.45, 2.75) is 26.7 Å². The van der Waals surface area contributed by atoms with Gasteiger partial charge in [0.2, 0.25) is 0 Å². The lowest BCUT2D eigenvalue weighted by atomic mass is 9.97. The van der Waals surface area contributed by atoms with Crippen molar-refractivity contribution in [3.63, 3.8) is 0 Å². The highest BCUT2D eigenvalue weighted by Crippen LogP contribution is 2.18. The minimum Gasteiger partial charge on any atom is -0.469 e. The highest BCUT2D eigenvalue weighted by atomic mass is 127. The van der Waals surface area contributed by atoms with Gasteiger partial charge in [0.15, 0.2) is 5.96 Å². The zero-order valence-corrected chi connectivity index (χ0v) is 18.7. The highest BCUT2D eigenvalue weighted by molar-refractivity contribution is 14.0. The Bertz CT molecular complexity index is 436. The summed E-state index contributed by atoms with van der Waals surface area (Å²) in [5.41, 5.74) is 0. The molecule has 0 aromatic carbocycles. The van der Waals surface area contributed by atoms with Gasteiger partial charge in [0.25, 0.3) is 0 Å². The zero-order chi connectivity index (χ0) is 18.1. The van der Waals surface area contributed by atoms with Crippen molar-refractivity contribution in [3.05, 3.63) is 0 Å². The molecule has 1 N–H and O–H groups in total. The summed E-state index contributed by atoms with van der Waals surface area (Å²) in [6, 6.07) is 0. The van der Waals surface area contributed by atoms with E-state index in [4.69, 9.17) is 14.5 Å². The number of ether oxygens (including phenoxy) is 2. The monoisotopic (exact) mass is 482 g/mol. The van der Waals surface area contributed by atoms with E-state index in [0.717, 1.165) is 77.8 Å². The third-order valence-electron chi connectivity index (χ3n) is 4.89. The van der Waals surface area contributed by atoms with Gasteiger partial charge in [0.05, 0.1) is 26.2 Å². The lowest BCUT2D eigenvalue weighted by Crippen LogP contribution is -2.47. The number of piperidine rings is 1. The maximum absolute atomic E-state index is 11.7. The number of esters is 1. The van der Waals surface area contributed by atoms with Crippen LogP contribution in [-0.4, -0.2) is 87.9 Å².